The number of amides is 1. The van der Waals surface area contributed by atoms with Crippen LogP contribution in [0.5, 0.6) is 0 Å². The molecule has 120 valence electrons. The number of carbonyl (C=O) groups excluding carboxylic acids is 2. The summed E-state index contributed by atoms with van der Waals surface area (Å²) in [5.41, 5.74) is 1.95. The van der Waals surface area contributed by atoms with Crippen LogP contribution >= 0.6 is 0 Å². The molecule has 1 heterocycles. The predicted octanol–water partition coefficient (Wildman–Crippen LogP) is 2.64. The van der Waals surface area contributed by atoms with Gasteiger partial charge in [0.05, 0.1) is 0 Å². The van der Waals surface area contributed by atoms with Gasteiger partial charge in [-0.1, -0.05) is 32.9 Å². The molecule has 0 radical (unpaired) electrons. The summed E-state index contributed by atoms with van der Waals surface area (Å²) in [6.07, 6.45) is 1.000. The highest BCUT2D eigenvalue weighted by molar-refractivity contribution is 5.93. The summed E-state index contributed by atoms with van der Waals surface area (Å²) in [6, 6.07) is 7.66. The number of hydrogen-bond donors (Lipinski definition) is 1. The zero-order valence-corrected chi connectivity index (χ0v) is 13.3. The molecular weight excluding hydrogens is 282 g/mol. The van der Waals surface area contributed by atoms with Gasteiger partial charge in [0.25, 0.3) is 5.91 Å². The maximum absolute atomic E-state index is 11.8. The molecule has 0 unspecified atom stereocenters. The van der Waals surface area contributed by atoms with E-state index in [0.717, 1.165) is 6.42 Å². The van der Waals surface area contributed by atoms with Gasteiger partial charge in [0, 0.05) is 12.3 Å². The quantitative estimate of drug-likeness (QED) is 0.869. The van der Waals surface area contributed by atoms with Crippen molar-refractivity contribution in [2.45, 2.75) is 45.1 Å². The monoisotopic (exact) mass is 305 g/mol. The van der Waals surface area contributed by atoms with E-state index in [1.54, 1.807) is 0 Å². The third-order valence-corrected chi connectivity index (χ3v) is 3.57. The van der Waals surface area contributed by atoms with Crippen molar-refractivity contribution in [3.8, 4) is 0 Å². The molecule has 0 saturated carbocycles. The lowest BCUT2D eigenvalue weighted by Crippen LogP contribution is -2.27. The molecule has 1 N–H and O–H groups in total. The number of hydrogen-bond acceptors (Lipinski definition) is 4. The van der Waals surface area contributed by atoms with Gasteiger partial charge in [-0.05, 0) is 36.0 Å². The fourth-order valence-corrected chi connectivity index (χ4v) is 2.24. The molecule has 0 bridgehead atoms. The molecule has 1 aromatic rings. The number of benzene rings is 1. The Morgan fingerprint density at radius 2 is 1.95 bits per heavy atom. The maximum Gasteiger partial charge on any atom is 0.335 e. The first-order valence-electron chi connectivity index (χ1n) is 7.55. The van der Waals surface area contributed by atoms with Crippen molar-refractivity contribution in [1.29, 1.82) is 0 Å². The highest BCUT2D eigenvalue weighted by Gasteiger charge is 2.25. The van der Waals surface area contributed by atoms with Gasteiger partial charge < -0.3 is 14.8 Å². The number of carbonyl (C=O) groups is 2. The van der Waals surface area contributed by atoms with E-state index >= 15 is 0 Å². The smallest absolute Gasteiger partial charge is 0.335 e. The van der Waals surface area contributed by atoms with Gasteiger partial charge in [-0.3, -0.25) is 4.79 Å². The fraction of sp³-hybridized carbons (Fsp3) is 0.529. The van der Waals surface area contributed by atoms with Crippen LogP contribution in [0.15, 0.2) is 24.3 Å². The van der Waals surface area contributed by atoms with Gasteiger partial charge in [-0.2, -0.15) is 0 Å². The number of anilines is 1. The molecular formula is C17H23NO4. The Morgan fingerprint density at radius 1 is 1.27 bits per heavy atom. The zero-order chi connectivity index (χ0) is 16.2. The number of rotatable bonds is 4. The van der Waals surface area contributed by atoms with Crippen molar-refractivity contribution >= 4 is 17.6 Å². The second-order valence-electron chi connectivity index (χ2n) is 6.48. The molecule has 1 atom stereocenters. The molecule has 22 heavy (non-hydrogen) atoms. The molecule has 1 fully saturated rings. The summed E-state index contributed by atoms with van der Waals surface area (Å²) >= 11 is 0. The van der Waals surface area contributed by atoms with E-state index in [4.69, 9.17) is 9.47 Å². The van der Waals surface area contributed by atoms with Crippen LogP contribution in [-0.4, -0.2) is 31.2 Å². The highest BCUT2D eigenvalue weighted by atomic mass is 16.6. The summed E-state index contributed by atoms with van der Waals surface area (Å²) < 4.78 is 10.2. The Labute approximate surface area is 131 Å². The van der Waals surface area contributed by atoms with Crippen LogP contribution in [0, 0.1) is 0 Å². The molecule has 1 aliphatic rings. The number of ether oxygens (including phenoxy) is 2. The lowest BCUT2D eigenvalue weighted by Gasteiger charge is -2.19. The van der Waals surface area contributed by atoms with Gasteiger partial charge in [-0.25, -0.2) is 4.79 Å². The van der Waals surface area contributed by atoms with Crippen LogP contribution in [0.1, 0.15) is 39.2 Å². The van der Waals surface area contributed by atoms with Crippen LogP contribution in [0.4, 0.5) is 5.69 Å². The van der Waals surface area contributed by atoms with Crippen LogP contribution in [0.2, 0.25) is 0 Å². The molecule has 0 aliphatic carbocycles. The van der Waals surface area contributed by atoms with Gasteiger partial charge in [0.15, 0.2) is 12.7 Å². The average Bonchev–Trinajstić information content (AvgIpc) is 2.98. The van der Waals surface area contributed by atoms with Crippen molar-refractivity contribution < 1.29 is 19.1 Å². The van der Waals surface area contributed by atoms with Crippen LogP contribution in [0.3, 0.4) is 0 Å². The Morgan fingerprint density at radius 3 is 2.50 bits per heavy atom. The van der Waals surface area contributed by atoms with Gasteiger partial charge in [0.2, 0.25) is 0 Å². The first-order valence-corrected chi connectivity index (χ1v) is 7.55. The van der Waals surface area contributed by atoms with Crippen molar-refractivity contribution in [1.82, 2.24) is 0 Å². The number of esters is 1. The molecule has 5 nitrogen and oxygen atoms in total. The van der Waals surface area contributed by atoms with Crippen molar-refractivity contribution in [2.75, 3.05) is 18.5 Å². The maximum atomic E-state index is 11.8. The first-order chi connectivity index (χ1) is 10.4. The molecule has 0 spiro atoms. The summed E-state index contributed by atoms with van der Waals surface area (Å²) in [5.74, 6) is -0.814. The van der Waals surface area contributed by atoms with Crippen LogP contribution in [0.25, 0.3) is 0 Å². The lowest BCUT2D eigenvalue weighted by molar-refractivity contribution is -0.156. The lowest BCUT2D eigenvalue weighted by atomic mass is 9.87. The van der Waals surface area contributed by atoms with Gasteiger partial charge in [-0.15, -0.1) is 0 Å². The van der Waals surface area contributed by atoms with Crippen molar-refractivity contribution in [3.63, 3.8) is 0 Å². The molecule has 1 amide bonds. The SMILES string of the molecule is CC(C)(C)c1ccc(NC(=O)COC(=O)[C@@H]2CCCO2)cc1. The standard InChI is InChI=1S/C17H23NO4/c1-17(2,3)12-6-8-13(9-7-12)18-15(19)11-22-16(20)14-5-4-10-21-14/h6-9,14H,4-5,10-11H2,1-3H3,(H,18,19)/t14-/m0/s1. The van der Waals surface area contributed by atoms with E-state index < -0.39 is 12.1 Å². The minimum absolute atomic E-state index is 0.0688. The van der Waals surface area contributed by atoms with Crippen LogP contribution < -0.4 is 5.32 Å². The Balaban J connectivity index is 1.80. The molecule has 2 rings (SSSR count). The second-order valence-corrected chi connectivity index (χ2v) is 6.48. The van der Waals surface area contributed by atoms with Gasteiger partial charge >= 0.3 is 5.97 Å². The normalized spacial score (nSPS) is 18.0. The summed E-state index contributed by atoms with van der Waals surface area (Å²) in [5, 5.41) is 2.71. The summed E-state index contributed by atoms with van der Waals surface area (Å²) in [4.78, 5) is 23.4. The minimum atomic E-state index is -0.515. The van der Waals surface area contributed by atoms with E-state index in [-0.39, 0.29) is 17.9 Å². The molecule has 1 saturated heterocycles. The van der Waals surface area contributed by atoms with E-state index in [1.807, 2.05) is 24.3 Å². The third kappa shape index (κ3) is 4.56. The largest absolute Gasteiger partial charge is 0.454 e. The van der Waals surface area contributed by atoms with E-state index in [1.165, 1.54) is 5.56 Å². The predicted molar refractivity (Wildman–Crippen MR) is 83.7 cm³/mol. The average molecular weight is 305 g/mol. The van der Waals surface area contributed by atoms with E-state index in [2.05, 4.69) is 26.1 Å². The minimum Gasteiger partial charge on any atom is -0.454 e. The summed E-state index contributed by atoms with van der Waals surface area (Å²) in [7, 11) is 0. The fourth-order valence-electron chi connectivity index (χ4n) is 2.24. The Hall–Kier alpha value is -1.88. The second kappa shape index (κ2) is 6.92. The molecule has 1 aliphatic heterocycles. The third-order valence-electron chi connectivity index (χ3n) is 3.57. The van der Waals surface area contributed by atoms with E-state index in [9.17, 15) is 9.59 Å². The van der Waals surface area contributed by atoms with E-state index in [0.29, 0.717) is 18.7 Å². The molecule has 0 aromatic heterocycles. The van der Waals surface area contributed by atoms with Crippen molar-refractivity contribution in [3.05, 3.63) is 29.8 Å². The van der Waals surface area contributed by atoms with Gasteiger partial charge in [0.1, 0.15) is 0 Å². The first kappa shape index (κ1) is 16.5. The Kier molecular flexibility index (Phi) is 5.19. The van der Waals surface area contributed by atoms with Crippen molar-refractivity contribution in [2.24, 2.45) is 0 Å². The molecule has 5 heteroatoms. The summed E-state index contributed by atoms with van der Waals surface area (Å²) in [6.45, 7) is 6.67. The number of nitrogens with one attached hydrogen (secondary N) is 1. The Bertz CT molecular complexity index is 525. The topological polar surface area (TPSA) is 64.6 Å². The highest BCUT2D eigenvalue weighted by Crippen LogP contribution is 2.23. The molecule has 1 aromatic carbocycles. The zero-order valence-electron chi connectivity index (χ0n) is 13.3. The van der Waals surface area contributed by atoms with Crippen LogP contribution in [-0.2, 0) is 24.5 Å².